The number of hydrogen-bond acceptors (Lipinski definition) is 4. The quantitative estimate of drug-likeness (QED) is 0.216. The zero-order chi connectivity index (χ0) is 12.9. The molecule has 1 aliphatic heterocycles. The summed E-state index contributed by atoms with van der Waals surface area (Å²) in [5.41, 5.74) is 5.52. The normalized spacial score (nSPS) is 26.4. The molecule has 1 saturated heterocycles. The van der Waals surface area contributed by atoms with E-state index in [9.17, 15) is 0 Å². The van der Waals surface area contributed by atoms with E-state index in [1.54, 1.807) is 0 Å². The Morgan fingerprint density at radius 3 is 2.82 bits per heavy atom. The van der Waals surface area contributed by atoms with Crippen molar-refractivity contribution in [3.8, 4) is 0 Å². The first-order valence-electron chi connectivity index (χ1n) is 6.20. The summed E-state index contributed by atoms with van der Waals surface area (Å²) < 4.78 is 5.38. The molecule has 0 aromatic rings. The predicted molar refractivity (Wildman–Crippen MR) is 68.3 cm³/mol. The first-order valence-corrected chi connectivity index (χ1v) is 6.20. The fourth-order valence-corrected chi connectivity index (χ4v) is 1.99. The third-order valence-electron chi connectivity index (χ3n) is 3.55. The van der Waals surface area contributed by atoms with Gasteiger partial charge in [0.2, 0.25) is 0 Å². The minimum absolute atomic E-state index is 0.126. The van der Waals surface area contributed by atoms with Crippen molar-refractivity contribution in [2.75, 3.05) is 19.8 Å². The Morgan fingerprint density at radius 2 is 2.29 bits per heavy atom. The summed E-state index contributed by atoms with van der Waals surface area (Å²) in [4.78, 5) is 0. The van der Waals surface area contributed by atoms with Crippen molar-refractivity contribution in [2.45, 2.75) is 45.6 Å². The van der Waals surface area contributed by atoms with Gasteiger partial charge in [0.25, 0.3) is 0 Å². The van der Waals surface area contributed by atoms with E-state index in [4.69, 9.17) is 15.7 Å². The number of amidine groups is 1. The number of hydrogen-bond donors (Lipinski definition) is 3. The molecule has 0 spiro atoms. The molecule has 0 aromatic heterocycles. The lowest BCUT2D eigenvalue weighted by Crippen LogP contribution is -2.43. The van der Waals surface area contributed by atoms with E-state index < -0.39 is 0 Å². The first-order chi connectivity index (χ1) is 7.90. The summed E-state index contributed by atoms with van der Waals surface area (Å²) >= 11 is 0. The molecular formula is C12H25N3O2. The second-order valence-corrected chi connectivity index (χ2v) is 5.76. The average molecular weight is 243 g/mol. The van der Waals surface area contributed by atoms with Crippen LogP contribution in [0.5, 0.6) is 0 Å². The third kappa shape index (κ3) is 4.16. The van der Waals surface area contributed by atoms with Crippen molar-refractivity contribution in [3.05, 3.63) is 0 Å². The van der Waals surface area contributed by atoms with Crippen molar-refractivity contribution in [1.82, 2.24) is 5.32 Å². The molecule has 0 aromatic carbocycles. The van der Waals surface area contributed by atoms with Gasteiger partial charge in [0.05, 0.1) is 6.61 Å². The third-order valence-corrected chi connectivity index (χ3v) is 3.55. The van der Waals surface area contributed by atoms with E-state index in [1.807, 2.05) is 13.8 Å². The number of ether oxygens (including phenoxy) is 1. The van der Waals surface area contributed by atoms with Gasteiger partial charge in [0, 0.05) is 17.6 Å². The predicted octanol–water partition coefficient (Wildman–Crippen LogP) is 1.31. The molecule has 0 amide bonds. The molecule has 1 rings (SSSR count). The SMILES string of the molecule is CC1(NCCCC(C)(C)C(N)=NO)CCOC1. The Hall–Kier alpha value is -0.810. The second kappa shape index (κ2) is 5.69. The van der Waals surface area contributed by atoms with Crippen LogP contribution in [0.1, 0.15) is 40.0 Å². The van der Waals surface area contributed by atoms with Gasteiger partial charge in [-0.3, -0.25) is 0 Å². The van der Waals surface area contributed by atoms with Crippen molar-refractivity contribution in [2.24, 2.45) is 16.3 Å². The molecule has 5 nitrogen and oxygen atoms in total. The van der Waals surface area contributed by atoms with Crippen LogP contribution < -0.4 is 11.1 Å². The lowest BCUT2D eigenvalue weighted by Gasteiger charge is -2.26. The molecule has 17 heavy (non-hydrogen) atoms. The van der Waals surface area contributed by atoms with Crippen LogP contribution in [0.2, 0.25) is 0 Å². The van der Waals surface area contributed by atoms with Crippen LogP contribution >= 0.6 is 0 Å². The van der Waals surface area contributed by atoms with Gasteiger partial charge in [-0.2, -0.15) is 0 Å². The average Bonchev–Trinajstić information content (AvgIpc) is 2.71. The number of nitrogens with one attached hydrogen (secondary N) is 1. The summed E-state index contributed by atoms with van der Waals surface area (Å²) in [6.45, 7) is 8.73. The van der Waals surface area contributed by atoms with Gasteiger partial charge in [-0.15, -0.1) is 0 Å². The number of nitrogens with two attached hydrogens (primary N) is 1. The molecule has 0 aliphatic carbocycles. The highest BCUT2D eigenvalue weighted by Gasteiger charge is 2.29. The van der Waals surface area contributed by atoms with Crippen LogP contribution in [0.15, 0.2) is 5.16 Å². The minimum atomic E-state index is -0.247. The molecule has 4 N–H and O–H groups in total. The minimum Gasteiger partial charge on any atom is -0.409 e. The van der Waals surface area contributed by atoms with Gasteiger partial charge < -0.3 is 21.0 Å². The lowest BCUT2D eigenvalue weighted by atomic mass is 9.86. The first kappa shape index (κ1) is 14.3. The highest BCUT2D eigenvalue weighted by Crippen LogP contribution is 2.23. The van der Waals surface area contributed by atoms with Crippen molar-refractivity contribution >= 4 is 5.84 Å². The van der Waals surface area contributed by atoms with Gasteiger partial charge in [0.15, 0.2) is 0 Å². The van der Waals surface area contributed by atoms with Gasteiger partial charge >= 0.3 is 0 Å². The second-order valence-electron chi connectivity index (χ2n) is 5.76. The van der Waals surface area contributed by atoms with Gasteiger partial charge in [-0.1, -0.05) is 19.0 Å². The monoisotopic (exact) mass is 243 g/mol. The molecule has 100 valence electrons. The van der Waals surface area contributed by atoms with Crippen LogP contribution in [-0.4, -0.2) is 36.3 Å². The van der Waals surface area contributed by atoms with Crippen LogP contribution in [0.25, 0.3) is 0 Å². The van der Waals surface area contributed by atoms with Crippen LogP contribution in [-0.2, 0) is 4.74 Å². The largest absolute Gasteiger partial charge is 0.409 e. The molecule has 5 heteroatoms. The van der Waals surface area contributed by atoms with Gasteiger partial charge in [0.1, 0.15) is 5.84 Å². The Balaban J connectivity index is 2.24. The summed E-state index contributed by atoms with van der Waals surface area (Å²) in [5.74, 6) is 0.299. The Morgan fingerprint density at radius 1 is 1.59 bits per heavy atom. The van der Waals surface area contributed by atoms with Crippen molar-refractivity contribution in [3.63, 3.8) is 0 Å². The van der Waals surface area contributed by atoms with Gasteiger partial charge in [-0.05, 0) is 32.7 Å². The molecule has 0 bridgehead atoms. The maximum atomic E-state index is 8.67. The van der Waals surface area contributed by atoms with Crippen LogP contribution in [0.4, 0.5) is 0 Å². The standard InChI is InChI=1S/C12H25N3O2/c1-11(2,10(13)15-16)5-4-7-14-12(3)6-8-17-9-12/h14,16H,4-9H2,1-3H3,(H2,13,15). The lowest BCUT2D eigenvalue weighted by molar-refractivity contribution is 0.171. The Bertz CT molecular complexity index is 271. The molecule has 1 atom stereocenters. The molecule has 0 radical (unpaired) electrons. The summed E-state index contributed by atoms with van der Waals surface area (Å²) in [7, 11) is 0. The fraction of sp³-hybridized carbons (Fsp3) is 0.917. The van der Waals surface area contributed by atoms with E-state index in [0.29, 0.717) is 5.84 Å². The summed E-state index contributed by atoms with van der Waals surface area (Å²) in [5, 5.41) is 15.3. The van der Waals surface area contributed by atoms with Crippen LogP contribution in [0.3, 0.4) is 0 Å². The maximum absolute atomic E-state index is 8.67. The Labute approximate surface area is 103 Å². The zero-order valence-corrected chi connectivity index (χ0v) is 11.1. The van der Waals surface area contributed by atoms with E-state index >= 15 is 0 Å². The molecule has 1 fully saturated rings. The fourth-order valence-electron chi connectivity index (χ4n) is 1.99. The Kier molecular flexibility index (Phi) is 4.77. The molecule has 1 aliphatic rings. The van der Waals surface area contributed by atoms with Crippen molar-refractivity contribution in [1.29, 1.82) is 0 Å². The molecule has 1 heterocycles. The van der Waals surface area contributed by atoms with E-state index in [0.717, 1.165) is 39.0 Å². The molecule has 0 saturated carbocycles. The molecular weight excluding hydrogens is 218 g/mol. The van der Waals surface area contributed by atoms with Crippen LogP contribution in [0, 0.1) is 5.41 Å². The maximum Gasteiger partial charge on any atom is 0.144 e. The van der Waals surface area contributed by atoms with E-state index in [-0.39, 0.29) is 11.0 Å². The van der Waals surface area contributed by atoms with E-state index in [1.165, 1.54) is 0 Å². The number of nitrogens with zero attached hydrogens (tertiary/aromatic N) is 1. The molecule has 1 unspecified atom stereocenters. The van der Waals surface area contributed by atoms with E-state index in [2.05, 4.69) is 17.4 Å². The smallest absolute Gasteiger partial charge is 0.144 e. The highest BCUT2D eigenvalue weighted by atomic mass is 16.5. The van der Waals surface area contributed by atoms with Gasteiger partial charge in [-0.25, -0.2) is 0 Å². The summed E-state index contributed by atoms with van der Waals surface area (Å²) in [6.07, 6.45) is 2.96. The van der Waals surface area contributed by atoms with Crippen molar-refractivity contribution < 1.29 is 9.94 Å². The summed E-state index contributed by atoms with van der Waals surface area (Å²) in [6, 6.07) is 0. The zero-order valence-electron chi connectivity index (χ0n) is 11.1. The highest BCUT2D eigenvalue weighted by molar-refractivity contribution is 5.85. The topological polar surface area (TPSA) is 79.9 Å². The number of oxime groups is 1. The number of rotatable bonds is 6.